The molecule has 0 aliphatic heterocycles. The summed E-state index contributed by atoms with van der Waals surface area (Å²) in [6, 6.07) is 2.85. The predicted octanol–water partition coefficient (Wildman–Crippen LogP) is 0.481. The molecule has 0 aromatic carbocycles. The van der Waals surface area contributed by atoms with Gasteiger partial charge in [0.1, 0.15) is 18.3 Å². The lowest BCUT2D eigenvalue weighted by atomic mass is 10.4. The molecule has 3 heterocycles. The highest BCUT2D eigenvalue weighted by molar-refractivity contribution is 7.12. The molecule has 8 nitrogen and oxygen atoms in total. The molecule has 0 aliphatic rings. The maximum absolute atomic E-state index is 12.8. The van der Waals surface area contributed by atoms with Crippen molar-refractivity contribution < 1.29 is 9.18 Å². The molecule has 3 aromatic heterocycles. The van der Waals surface area contributed by atoms with Crippen molar-refractivity contribution in [1.82, 2.24) is 24.8 Å². The fourth-order valence-corrected chi connectivity index (χ4v) is 2.54. The van der Waals surface area contributed by atoms with Crippen molar-refractivity contribution in [3.63, 3.8) is 0 Å². The molecule has 0 fully saturated rings. The Morgan fingerprint density at radius 2 is 2.35 bits per heavy atom. The van der Waals surface area contributed by atoms with Crippen LogP contribution in [0.25, 0.3) is 11.0 Å². The lowest BCUT2D eigenvalue weighted by molar-refractivity contribution is -0.121. The minimum Gasteiger partial charge on any atom is -0.289 e. The zero-order valence-electron chi connectivity index (χ0n) is 11.9. The van der Waals surface area contributed by atoms with E-state index >= 15 is 0 Å². The monoisotopic (exact) mass is 334 g/mol. The van der Waals surface area contributed by atoms with E-state index in [1.54, 1.807) is 13.1 Å². The number of nitrogens with one attached hydrogen (secondary N) is 1. The smallest absolute Gasteiger partial charge is 0.264 e. The molecule has 23 heavy (non-hydrogen) atoms. The lowest BCUT2D eigenvalue weighted by Gasteiger charge is -2.03. The minimum atomic E-state index is -0.495. The summed E-state index contributed by atoms with van der Waals surface area (Å²) >= 11 is 0.908. The van der Waals surface area contributed by atoms with Gasteiger partial charge in [0, 0.05) is 7.05 Å². The van der Waals surface area contributed by atoms with Gasteiger partial charge in [0.15, 0.2) is 10.8 Å². The number of hydrazone groups is 1. The molecule has 118 valence electrons. The van der Waals surface area contributed by atoms with Crippen LogP contribution in [0.2, 0.25) is 0 Å². The standard InChI is InChI=1S/C13H11FN6O2S/c1-19-12-9(5-17-19)13(22)20(7-15-12)6-11(21)18-16-4-8-2-3-10(14)23-8/h2-5,7H,6H2,1H3,(H,18,21)/b16-4-. The Balaban J connectivity index is 1.69. The molecule has 0 saturated heterocycles. The Labute approximate surface area is 132 Å². The number of hydrogen-bond acceptors (Lipinski definition) is 6. The van der Waals surface area contributed by atoms with Crippen molar-refractivity contribution in [2.75, 3.05) is 0 Å². The van der Waals surface area contributed by atoms with Crippen LogP contribution in [0.3, 0.4) is 0 Å². The van der Waals surface area contributed by atoms with Gasteiger partial charge in [-0.2, -0.15) is 14.6 Å². The number of amides is 1. The quantitative estimate of drug-likeness (QED) is 0.555. The number of aromatic nitrogens is 4. The van der Waals surface area contributed by atoms with Gasteiger partial charge in [-0.1, -0.05) is 0 Å². The Kier molecular flexibility index (Phi) is 3.98. The first-order valence-corrected chi connectivity index (χ1v) is 7.30. The Morgan fingerprint density at radius 3 is 3.09 bits per heavy atom. The van der Waals surface area contributed by atoms with Crippen LogP contribution in [0, 0.1) is 5.13 Å². The van der Waals surface area contributed by atoms with E-state index in [9.17, 15) is 14.0 Å². The van der Waals surface area contributed by atoms with Gasteiger partial charge in [-0.05, 0) is 12.1 Å². The molecule has 0 spiro atoms. The van der Waals surface area contributed by atoms with Crippen LogP contribution in [0.5, 0.6) is 0 Å². The summed E-state index contributed by atoms with van der Waals surface area (Å²) in [7, 11) is 1.67. The summed E-state index contributed by atoms with van der Waals surface area (Å²) in [5, 5.41) is 7.66. The van der Waals surface area contributed by atoms with Crippen molar-refractivity contribution in [3.8, 4) is 0 Å². The molecular formula is C13H11FN6O2S. The Morgan fingerprint density at radius 1 is 1.52 bits per heavy atom. The van der Waals surface area contributed by atoms with E-state index in [2.05, 4.69) is 20.6 Å². The van der Waals surface area contributed by atoms with Crippen LogP contribution in [0.4, 0.5) is 4.39 Å². The second-order valence-electron chi connectivity index (χ2n) is 4.62. The minimum absolute atomic E-state index is 0.229. The molecule has 3 aromatic rings. The van der Waals surface area contributed by atoms with E-state index in [0.717, 1.165) is 11.3 Å². The highest BCUT2D eigenvalue weighted by atomic mass is 32.1. The number of thiophene rings is 1. The normalized spacial score (nSPS) is 11.4. The number of fused-ring (bicyclic) bond motifs is 1. The number of carbonyl (C=O) groups is 1. The lowest BCUT2D eigenvalue weighted by Crippen LogP contribution is -2.30. The zero-order valence-corrected chi connectivity index (χ0v) is 12.7. The molecule has 0 saturated carbocycles. The first-order valence-electron chi connectivity index (χ1n) is 6.49. The third-order valence-electron chi connectivity index (χ3n) is 3.01. The second kappa shape index (κ2) is 6.08. The van der Waals surface area contributed by atoms with Crippen LogP contribution in [-0.4, -0.2) is 31.5 Å². The van der Waals surface area contributed by atoms with E-state index < -0.39 is 5.91 Å². The van der Waals surface area contributed by atoms with Crippen LogP contribution in [0.15, 0.2) is 34.6 Å². The van der Waals surface area contributed by atoms with Gasteiger partial charge < -0.3 is 0 Å². The van der Waals surface area contributed by atoms with Gasteiger partial charge in [-0.15, -0.1) is 11.3 Å². The highest BCUT2D eigenvalue weighted by Crippen LogP contribution is 2.11. The number of carbonyl (C=O) groups excluding carboxylic acids is 1. The average Bonchev–Trinajstić information content (AvgIpc) is 3.09. The van der Waals surface area contributed by atoms with Gasteiger partial charge in [-0.3, -0.25) is 18.8 Å². The van der Waals surface area contributed by atoms with Crippen LogP contribution >= 0.6 is 11.3 Å². The van der Waals surface area contributed by atoms with Crippen molar-refractivity contribution in [3.05, 3.63) is 45.0 Å². The van der Waals surface area contributed by atoms with E-state index in [-0.39, 0.29) is 17.2 Å². The van der Waals surface area contributed by atoms with Crippen LogP contribution in [0.1, 0.15) is 4.88 Å². The molecule has 0 atom stereocenters. The van der Waals surface area contributed by atoms with Crippen molar-refractivity contribution in [1.29, 1.82) is 0 Å². The maximum Gasteiger partial charge on any atom is 0.264 e. The van der Waals surface area contributed by atoms with Gasteiger partial charge in [-0.25, -0.2) is 10.4 Å². The topological polar surface area (TPSA) is 94.2 Å². The SMILES string of the molecule is Cn1ncc2c(=O)n(CC(=O)N/N=C\c3ccc(F)s3)cnc21. The Hall–Kier alpha value is -2.88. The van der Waals surface area contributed by atoms with E-state index in [4.69, 9.17) is 0 Å². The van der Waals surface area contributed by atoms with Crippen molar-refractivity contribution in [2.24, 2.45) is 12.1 Å². The number of nitrogens with zero attached hydrogens (tertiary/aromatic N) is 5. The molecule has 0 radical (unpaired) electrons. The second-order valence-corrected chi connectivity index (χ2v) is 5.68. The van der Waals surface area contributed by atoms with Crippen molar-refractivity contribution in [2.45, 2.75) is 6.54 Å². The molecule has 1 amide bonds. The fourth-order valence-electron chi connectivity index (χ4n) is 1.93. The number of aryl methyl sites for hydroxylation is 1. The molecule has 0 aliphatic carbocycles. The van der Waals surface area contributed by atoms with Gasteiger partial charge in [0.2, 0.25) is 0 Å². The van der Waals surface area contributed by atoms with E-state index in [1.165, 1.54) is 34.1 Å². The number of rotatable bonds is 4. The average molecular weight is 334 g/mol. The summed E-state index contributed by atoms with van der Waals surface area (Å²) in [5.41, 5.74) is 2.37. The van der Waals surface area contributed by atoms with Gasteiger partial charge >= 0.3 is 0 Å². The summed E-state index contributed by atoms with van der Waals surface area (Å²) in [6.45, 7) is -0.229. The molecule has 10 heteroatoms. The summed E-state index contributed by atoms with van der Waals surface area (Å²) < 4.78 is 15.4. The van der Waals surface area contributed by atoms with Crippen LogP contribution < -0.4 is 11.0 Å². The molecule has 0 bridgehead atoms. The first-order chi connectivity index (χ1) is 11.0. The van der Waals surface area contributed by atoms with Gasteiger partial charge in [0.25, 0.3) is 11.5 Å². The Bertz CT molecular complexity index is 957. The third-order valence-corrected chi connectivity index (χ3v) is 3.82. The number of halogens is 1. The molecule has 3 rings (SSSR count). The largest absolute Gasteiger partial charge is 0.289 e. The highest BCUT2D eigenvalue weighted by Gasteiger charge is 2.10. The molecule has 0 unspecified atom stereocenters. The fraction of sp³-hybridized carbons (Fsp3) is 0.154. The first kappa shape index (κ1) is 15.0. The zero-order chi connectivity index (χ0) is 16.4. The third kappa shape index (κ3) is 3.16. The van der Waals surface area contributed by atoms with E-state index in [1.807, 2.05) is 0 Å². The van der Waals surface area contributed by atoms with E-state index in [0.29, 0.717) is 15.9 Å². The summed E-state index contributed by atoms with van der Waals surface area (Å²) in [5.74, 6) is -0.495. The van der Waals surface area contributed by atoms with Gasteiger partial charge in [0.05, 0.1) is 17.3 Å². The molecular weight excluding hydrogens is 323 g/mol. The summed E-state index contributed by atoms with van der Waals surface area (Å²) in [6.07, 6.45) is 4.02. The molecule has 1 N–H and O–H groups in total. The maximum atomic E-state index is 12.8. The number of hydrogen-bond donors (Lipinski definition) is 1. The van der Waals surface area contributed by atoms with Crippen LogP contribution in [-0.2, 0) is 18.4 Å². The predicted molar refractivity (Wildman–Crippen MR) is 82.8 cm³/mol. The van der Waals surface area contributed by atoms with Crippen molar-refractivity contribution >= 4 is 34.5 Å². The summed E-state index contributed by atoms with van der Waals surface area (Å²) in [4.78, 5) is 28.6.